The number of aromatic nitrogens is 2. The van der Waals surface area contributed by atoms with Gasteiger partial charge in [0.2, 0.25) is 17.6 Å². The summed E-state index contributed by atoms with van der Waals surface area (Å²) in [6.45, 7) is 12.4. The number of para-hydroxylation sites is 1. The molecule has 0 bridgehead atoms. The third-order valence-electron chi connectivity index (χ3n) is 6.91. The number of benzene rings is 2. The Hall–Kier alpha value is -3.03. The number of piperazine rings is 1. The Bertz CT molecular complexity index is 1100. The summed E-state index contributed by atoms with van der Waals surface area (Å²) in [4.78, 5) is 22.2. The van der Waals surface area contributed by atoms with E-state index in [-0.39, 0.29) is 11.9 Å². The predicted molar refractivity (Wildman–Crippen MR) is 135 cm³/mol. The average Bonchev–Trinajstić information content (AvgIpc) is 3.32. The molecule has 180 valence electrons. The number of hydrogen-bond donors (Lipinski definition) is 1. The molecule has 4 rings (SSSR count). The lowest BCUT2D eigenvalue weighted by Gasteiger charge is -2.36. The van der Waals surface area contributed by atoms with E-state index in [0.29, 0.717) is 24.2 Å². The molecule has 2 aromatic carbocycles. The maximum Gasteiger partial charge on any atom is 0.241 e. The van der Waals surface area contributed by atoms with Gasteiger partial charge in [0.05, 0.1) is 12.6 Å². The SMILES string of the molecule is CCC(C)c1ccccc1NC(=O)C(C)N1CCN(Cc2nc(-c3ccccc3C)no2)CC1. The highest BCUT2D eigenvalue weighted by Gasteiger charge is 2.27. The predicted octanol–water partition coefficient (Wildman–Crippen LogP) is 4.70. The van der Waals surface area contributed by atoms with Crippen molar-refractivity contribution in [1.82, 2.24) is 19.9 Å². The van der Waals surface area contributed by atoms with Crippen molar-refractivity contribution in [2.75, 3.05) is 31.5 Å². The van der Waals surface area contributed by atoms with Gasteiger partial charge in [-0.05, 0) is 43.4 Å². The number of hydrogen-bond acceptors (Lipinski definition) is 6. The second-order valence-electron chi connectivity index (χ2n) is 9.20. The Labute approximate surface area is 202 Å². The Kier molecular flexibility index (Phi) is 7.75. The number of carbonyl (C=O) groups is 1. The lowest BCUT2D eigenvalue weighted by molar-refractivity contribution is -0.121. The number of rotatable bonds is 8. The van der Waals surface area contributed by atoms with Gasteiger partial charge in [-0.2, -0.15) is 4.98 Å². The summed E-state index contributed by atoms with van der Waals surface area (Å²) >= 11 is 0. The van der Waals surface area contributed by atoms with E-state index in [9.17, 15) is 4.79 Å². The lowest BCUT2D eigenvalue weighted by Crippen LogP contribution is -2.52. The molecule has 1 N–H and O–H groups in total. The first-order valence-electron chi connectivity index (χ1n) is 12.2. The Balaban J connectivity index is 1.30. The third kappa shape index (κ3) is 5.54. The normalized spacial score (nSPS) is 16.8. The van der Waals surface area contributed by atoms with Crippen molar-refractivity contribution >= 4 is 11.6 Å². The van der Waals surface area contributed by atoms with E-state index in [4.69, 9.17) is 4.52 Å². The number of nitrogens with zero attached hydrogens (tertiary/aromatic N) is 4. The van der Waals surface area contributed by atoms with Gasteiger partial charge in [0.1, 0.15) is 0 Å². The highest BCUT2D eigenvalue weighted by atomic mass is 16.5. The molecule has 1 fully saturated rings. The monoisotopic (exact) mass is 461 g/mol. The van der Waals surface area contributed by atoms with E-state index in [0.717, 1.165) is 49.4 Å². The zero-order valence-electron chi connectivity index (χ0n) is 20.6. The van der Waals surface area contributed by atoms with Gasteiger partial charge >= 0.3 is 0 Å². The molecule has 2 atom stereocenters. The van der Waals surface area contributed by atoms with Crippen molar-refractivity contribution in [3.63, 3.8) is 0 Å². The largest absolute Gasteiger partial charge is 0.338 e. The molecule has 0 radical (unpaired) electrons. The van der Waals surface area contributed by atoms with Crippen LogP contribution in [-0.4, -0.2) is 58.1 Å². The summed E-state index contributed by atoms with van der Waals surface area (Å²) in [7, 11) is 0. The summed E-state index contributed by atoms with van der Waals surface area (Å²) < 4.78 is 5.51. The lowest BCUT2D eigenvalue weighted by atomic mass is 9.97. The fourth-order valence-electron chi connectivity index (χ4n) is 4.42. The summed E-state index contributed by atoms with van der Waals surface area (Å²) in [5, 5.41) is 7.34. The van der Waals surface area contributed by atoms with Crippen molar-refractivity contribution in [2.24, 2.45) is 0 Å². The van der Waals surface area contributed by atoms with Crippen LogP contribution in [-0.2, 0) is 11.3 Å². The van der Waals surface area contributed by atoms with Crippen LogP contribution in [0, 0.1) is 6.92 Å². The highest BCUT2D eigenvalue weighted by molar-refractivity contribution is 5.95. The fraction of sp³-hybridized carbons (Fsp3) is 0.444. The molecule has 7 heteroatoms. The quantitative estimate of drug-likeness (QED) is 0.524. The van der Waals surface area contributed by atoms with Gasteiger partial charge < -0.3 is 9.84 Å². The Morgan fingerprint density at radius 1 is 1.06 bits per heavy atom. The molecule has 7 nitrogen and oxygen atoms in total. The summed E-state index contributed by atoms with van der Waals surface area (Å²) in [5.41, 5.74) is 4.24. The fourth-order valence-corrected chi connectivity index (χ4v) is 4.42. The third-order valence-corrected chi connectivity index (χ3v) is 6.91. The molecule has 2 unspecified atom stereocenters. The zero-order chi connectivity index (χ0) is 24.1. The second-order valence-corrected chi connectivity index (χ2v) is 9.20. The van der Waals surface area contributed by atoms with E-state index in [1.54, 1.807) is 0 Å². The Morgan fingerprint density at radius 2 is 1.76 bits per heavy atom. The molecule has 1 saturated heterocycles. The average molecular weight is 462 g/mol. The summed E-state index contributed by atoms with van der Waals surface area (Å²) in [5.74, 6) is 1.71. The van der Waals surface area contributed by atoms with Crippen molar-refractivity contribution < 1.29 is 9.32 Å². The molecular weight excluding hydrogens is 426 g/mol. The molecule has 1 aliphatic rings. The number of amides is 1. The maximum atomic E-state index is 13.0. The number of anilines is 1. The number of nitrogens with one attached hydrogen (secondary N) is 1. The minimum atomic E-state index is -0.191. The summed E-state index contributed by atoms with van der Waals surface area (Å²) in [6.07, 6.45) is 1.04. The van der Waals surface area contributed by atoms with Crippen LogP contribution in [0.2, 0.25) is 0 Å². The van der Waals surface area contributed by atoms with Crippen LogP contribution < -0.4 is 5.32 Å². The molecule has 34 heavy (non-hydrogen) atoms. The van der Waals surface area contributed by atoms with Gasteiger partial charge in [0, 0.05) is 37.4 Å². The highest BCUT2D eigenvalue weighted by Crippen LogP contribution is 2.27. The Morgan fingerprint density at radius 3 is 2.50 bits per heavy atom. The van der Waals surface area contributed by atoms with Crippen LogP contribution in [0.4, 0.5) is 5.69 Å². The molecule has 3 aromatic rings. The van der Waals surface area contributed by atoms with Gasteiger partial charge in [-0.25, -0.2) is 0 Å². The van der Waals surface area contributed by atoms with E-state index in [1.807, 2.05) is 56.3 Å². The maximum absolute atomic E-state index is 13.0. The van der Waals surface area contributed by atoms with Crippen molar-refractivity contribution in [2.45, 2.75) is 52.6 Å². The van der Waals surface area contributed by atoms with Gasteiger partial charge in [0.15, 0.2) is 0 Å². The van der Waals surface area contributed by atoms with Crippen molar-refractivity contribution in [1.29, 1.82) is 0 Å². The summed E-state index contributed by atoms with van der Waals surface area (Å²) in [6, 6.07) is 16.0. The molecule has 1 aliphatic heterocycles. The van der Waals surface area contributed by atoms with Crippen LogP contribution in [0.3, 0.4) is 0 Å². The minimum absolute atomic E-state index is 0.0453. The molecule has 2 heterocycles. The van der Waals surface area contributed by atoms with Gasteiger partial charge in [-0.3, -0.25) is 14.6 Å². The van der Waals surface area contributed by atoms with Gasteiger partial charge in [-0.1, -0.05) is 61.5 Å². The first-order chi connectivity index (χ1) is 16.5. The van der Waals surface area contributed by atoms with Crippen LogP contribution in [0.25, 0.3) is 11.4 Å². The number of aryl methyl sites for hydroxylation is 1. The van der Waals surface area contributed by atoms with E-state index >= 15 is 0 Å². The first-order valence-corrected chi connectivity index (χ1v) is 12.2. The van der Waals surface area contributed by atoms with Crippen LogP contribution >= 0.6 is 0 Å². The van der Waals surface area contributed by atoms with E-state index < -0.39 is 0 Å². The van der Waals surface area contributed by atoms with E-state index in [2.05, 4.69) is 45.2 Å². The molecule has 0 spiro atoms. The van der Waals surface area contributed by atoms with Gasteiger partial charge in [0.25, 0.3) is 0 Å². The molecule has 1 amide bonds. The van der Waals surface area contributed by atoms with E-state index in [1.165, 1.54) is 5.56 Å². The first kappa shape index (κ1) is 24.1. The molecule has 0 saturated carbocycles. The van der Waals surface area contributed by atoms with Crippen molar-refractivity contribution in [3.05, 3.63) is 65.5 Å². The van der Waals surface area contributed by atoms with Gasteiger partial charge in [-0.15, -0.1) is 0 Å². The van der Waals surface area contributed by atoms with Crippen LogP contribution in [0.15, 0.2) is 53.1 Å². The molecule has 0 aliphatic carbocycles. The smallest absolute Gasteiger partial charge is 0.241 e. The van der Waals surface area contributed by atoms with Crippen LogP contribution in [0.1, 0.15) is 50.1 Å². The standard InChI is InChI=1S/C27H35N5O2/c1-5-19(2)22-11-8-9-13-24(22)28-27(33)21(4)32-16-14-31(15-17-32)18-25-29-26(30-34-25)23-12-7-6-10-20(23)3/h6-13,19,21H,5,14-18H2,1-4H3,(H,28,33). The van der Waals surface area contributed by atoms with Crippen molar-refractivity contribution in [3.8, 4) is 11.4 Å². The zero-order valence-corrected chi connectivity index (χ0v) is 20.6. The van der Waals surface area contributed by atoms with Crippen LogP contribution in [0.5, 0.6) is 0 Å². The molecular formula is C27H35N5O2. The molecule has 1 aromatic heterocycles. The topological polar surface area (TPSA) is 74.5 Å². The number of carbonyl (C=O) groups excluding carboxylic acids is 1. The minimum Gasteiger partial charge on any atom is -0.338 e. The second kappa shape index (κ2) is 10.9.